The van der Waals surface area contributed by atoms with E-state index in [-0.39, 0.29) is 0 Å². The molecule has 0 heterocycles. The molecule has 0 saturated heterocycles. The van der Waals surface area contributed by atoms with E-state index in [0.717, 1.165) is 22.5 Å². The number of rotatable bonds is 5. The highest BCUT2D eigenvalue weighted by Gasteiger charge is 2.03. The molecule has 0 atom stereocenters. The molecular weight excluding hydrogens is 302 g/mol. The lowest BCUT2D eigenvalue weighted by atomic mass is 10.1. The molecular formula is C16H18BrNO. The summed E-state index contributed by atoms with van der Waals surface area (Å²) >= 11 is 3.48. The molecule has 2 aromatic rings. The summed E-state index contributed by atoms with van der Waals surface area (Å²) in [4.78, 5) is 0. The Kier molecular flexibility index (Phi) is 4.86. The van der Waals surface area contributed by atoms with Crippen molar-refractivity contribution in [2.75, 3.05) is 11.9 Å². The normalized spacial score (nSPS) is 10.3. The number of benzene rings is 2. The molecule has 0 aromatic heterocycles. The van der Waals surface area contributed by atoms with Crippen LogP contribution >= 0.6 is 15.9 Å². The summed E-state index contributed by atoms with van der Waals surface area (Å²) in [6, 6.07) is 14.4. The van der Waals surface area contributed by atoms with Crippen molar-refractivity contribution in [2.24, 2.45) is 0 Å². The van der Waals surface area contributed by atoms with Crippen molar-refractivity contribution >= 4 is 21.6 Å². The second kappa shape index (κ2) is 6.62. The minimum atomic E-state index is 0.689. The van der Waals surface area contributed by atoms with Crippen LogP contribution in [0.3, 0.4) is 0 Å². The number of aryl methyl sites for hydroxylation is 1. The highest BCUT2D eigenvalue weighted by Crippen LogP contribution is 2.23. The van der Waals surface area contributed by atoms with Crippen molar-refractivity contribution in [1.82, 2.24) is 0 Å². The third kappa shape index (κ3) is 3.74. The predicted molar refractivity (Wildman–Crippen MR) is 83.8 cm³/mol. The summed E-state index contributed by atoms with van der Waals surface area (Å²) < 4.78 is 6.73. The Morgan fingerprint density at radius 2 is 1.95 bits per heavy atom. The number of ether oxygens (including phenoxy) is 1. The third-order valence-electron chi connectivity index (χ3n) is 2.93. The minimum absolute atomic E-state index is 0.689. The van der Waals surface area contributed by atoms with Crippen molar-refractivity contribution in [1.29, 1.82) is 0 Å². The third-order valence-corrected chi connectivity index (χ3v) is 3.42. The van der Waals surface area contributed by atoms with Gasteiger partial charge in [0.1, 0.15) is 5.75 Å². The monoisotopic (exact) mass is 319 g/mol. The smallest absolute Gasteiger partial charge is 0.124 e. The zero-order valence-electron chi connectivity index (χ0n) is 11.2. The van der Waals surface area contributed by atoms with Crippen LogP contribution in [0.5, 0.6) is 5.75 Å². The van der Waals surface area contributed by atoms with Crippen molar-refractivity contribution in [3.63, 3.8) is 0 Å². The molecule has 2 rings (SSSR count). The Balaban J connectivity index is 2.10. The fourth-order valence-corrected chi connectivity index (χ4v) is 2.44. The molecule has 0 spiro atoms. The maximum absolute atomic E-state index is 5.63. The average Bonchev–Trinajstić information content (AvgIpc) is 2.40. The van der Waals surface area contributed by atoms with Gasteiger partial charge in [-0.1, -0.05) is 34.1 Å². The number of anilines is 1. The van der Waals surface area contributed by atoms with Crippen LogP contribution in [0.15, 0.2) is 46.9 Å². The molecule has 19 heavy (non-hydrogen) atoms. The van der Waals surface area contributed by atoms with Crippen LogP contribution < -0.4 is 10.1 Å². The van der Waals surface area contributed by atoms with Gasteiger partial charge in [-0.15, -0.1) is 0 Å². The van der Waals surface area contributed by atoms with E-state index in [1.54, 1.807) is 0 Å². The van der Waals surface area contributed by atoms with E-state index in [2.05, 4.69) is 46.4 Å². The molecule has 2 aromatic carbocycles. The highest BCUT2D eigenvalue weighted by atomic mass is 79.9. The average molecular weight is 320 g/mol. The molecule has 0 fully saturated rings. The van der Waals surface area contributed by atoms with Gasteiger partial charge < -0.3 is 10.1 Å². The van der Waals surface area contributed by atoms with Crippen LogP contribution in [-0.4, -0.2) is 6.61 Å². The van der Waals surface area contributed by atoms with Gasteiger partial charge in [0.05, 0.1) is 6.61 Å². The van der Waals surface area contributed by atoms with Gasteiger partial charge in [-0.25, -0.2) is 0 Å². The molecule has 0 aliphatic rings. The molecule has 0 radical (unpaired) electrons. The van der Waals surface area contributed by atoms with E-state index in [0.29, 0.717) is 6.61 Å². The van der Waals surface area contributed by atoms with E-state index in [1.165, 1.54) is 11.1 Å². The van der Waals surface area contributed by atoms with Gasteiger partial charge in [0.25, 0.3) is 0 Å². The molecule has 0 bridgehead atoms. The van der Waals surface area contributed by atoms with Crippen molar-refractivity contribution in [3.05, 3.63) is 58.1 Å². The quantitative estimate of drug-likeness (QED) is 0.857. The van der Waals surface area contributed by atoms with Crippen LogP contribution in [0.1, 0.15) is 18.1 Å². The maximum Gasteiger partial charge on any atom is 0.124 e. The number of hydrogen-bond donors (Lipinski definition) is 1. The number of para-hydroxylation sites is 1. The first kappa shape index (κ1) is 13.9. The van der Waals surface area contributed by atoms with Gasteiger partial charge in [-0.2, -0.15) is 0 Å². The number of halogens is 1. The zero-order valence-corrected chi connectivity index (χ0v) is 12.8. The topological polar surface area (TPSA) is 21.3 Å². The highest BCUT2D eigenvalue weighted by molar-refractivity contribution is 9.10. The van der Waals surface area contributed by atoms with E-state index in [1.807, 2.05) is 31.2 Å². The fraction of sp³-hybridized carbons (Fsp3) is 0.250. The second-order valence-electron chi connectivity index (χ2n) is 4.35. The lowest BCUT2D eigenvalue weighted by molar-refractivity contribution is 0.337. The van der Waals surface area contributed by atoms with Gasteiger partial charge in [-0.3, -0.25) is 0 Å². The minimum Gasteiger partial charge on any atom is -0.494 e. The number of hydrogen-bond acceptors (Lipinski definition) is 2. The summed E-state index contributed by atoms with van der Waals surface area (Å²) in [5.74, 6) is 0.951. The lowest BCUT2D eigenvalue weighted by Crippen LogP contribution is -2.04. The maximum atomic E-state index is 5.63. The first-order valence-corrected chi connectivity index (χ1v) is 7.20. The summed E-state index contributed by atoms with van der Waals surface area (Å²) in [5, 5.41) is 3.45. The summed E-state index contributed by atoms with van der Waals surface area (Å²) in [7, 11) is 0. The van der Waals surface area contributed by atoms with Crippen molar-refractivity contribution < 1.29 is 4.74 Å². The van der Waals surface area contributed by atoms with Gasteiger partial charge in [0.2, 0.25) is 0 Å². The van der Waals surface area contributed by atoms with Gasteiger partial charge in [0, 0.05) is 22.3 Å². The Hall–Kier alpha value is -1.48. The molecule has 100 valence electrons. The van der Waals surface area contributed by atoms with Crippen LogP contribution in [0.25, 0.3) is 0 Å². The van der Waals surface area contributed by atoms with E-state index >= 15 is 0 Å². The van der Waals surface area contributed by atoms with Crippen molar-refractivity contribution in [3.8, 4) is 5.75 Å². The van der Waals surface area contributed by atoms with E-state index in [9.17, 15) is 0 Å². The van der Waals surface area contributed by atoms with Gasteiger partial charge >= 0.3 is 0 Å². The largest absolute Gasteiger partial charge is 0.494 e. The fourth-order valence-electron chi connectivity index (χ4n) is 1.96. The molecule has 1 N–H and O–H groups in total. The molecule has 0 aliphatic heterocycles. The Bertz CT molecular complexity index is 554. The SMILES string of the molecule is CCOc1ccccc1CNc1ccc(Br)cc1C. The molecule has 2 nitrogen and oxygen atoms in total. The van der Waals surface area contributed by atoms with Gasteiger partial charge in [0.15, 0.2) is 0 Å². The molecule has 0 unspecified atom stereocenters. The summed E-state index contributed by atoms with van der Waals surface area (Å²) in [6.45, 7) is 5.55. The van der Waals surface area contributed by atoms with Crippen LogP contribution in [0.2, 0.25) is 0 Å². The second-order valence-corrected chi connectivity index (χ2v) is 5.27. The van der Waals surface area contributed by atoms with Crippen LogP contribution in [-0.2, 0) is 6.54 Å². The Labute approximate surface area is 122 Å². The van der Waals surface area contributed by atoms with Gasteiger partial charge in [-0.05, 0) is 43.7 Å². The Morgan fingerprint density at radius 3 is 2.68 bits per heavy atom. The van der Waals surface area contributed by atoms with E-state index in [4.69, 9.17) is 4.74 Å². The van der Waals surface area contributed by atoms with E-state index < -0.39 is 0 Å². The molecule has 0 aliphatic carbocycles. The van der Waals surface area contributed by atoms with Crippen molar-refractivity contribution in [2.45, 2.75) is 20.4 Å². The van der Waals surface area contributed by atoms with Crippen LogP contribution in [0.4, 0.5) is 5.69 Å². The molecule has 0 amide bonds. The summed E-state index contributed by atoms with van der Waals surface area (Å²) in [6.07, 6.45) is 0. The zero-order chi connectivity index (χ0) is 13.7. The first-order chi connectivity index (χ1) is 9.20. The predicted octanol–water partition coefficient (Wildman–Crippen LogP) is 4.77. The lowest BCUT2D eigenvalue weighted by Gasteiger charge is -2.13. The van der Waals surface area contributed by atoms with Crippen LogP contribution in [0, 0.1) is 6.92 Å². The molecule has 3 heteroatoms. The first-order valence-electron chi connectivity index (χ1n) is 6.41. The number of nitrogens with one attached hydrogen (secondary N) is 1. The summed E-state index contributed by atoms with van der Waals surface area (Å²) in [5.41, 5.74) is 3.55. The Morgan fingerprint density at radius 1 is 1.16 bits per heavy atom. The molecule has 0 saturated carbocycles. The standard InChI is InChI=1S/C16H18BrNO/c1-3-19-16-7-5-4-6-13(16)11-18-15-9-8-14(17)10-12(15)2/h4-10,18H,3,11H2,1-2H3.